The maximum Gasteiger partial charge on any atom is 0.337 e. The highest BCUT2D eigenvalue weighted by Crippen LogP contribution is 2.21. The average molecular weight is 331 g/mol. The number of rotatable bonds is 2. The Hall–Kier alpha value is -1.29. The van der Waals surface area contributed by atoms with Gasteiger partial charge in [-0.15, -0.1) is 5.54 Å². The summed E-state index contributed by atoms with van der Waals surface area (Å²) in [4.78, 5) is 11.3. The number of methoxy groups -OCH3 is 1. The summed E-state index contributed by atoms with van der Waals surface area (Å²) in [6, 6.07) is 4.11. The molecule has 0 aliphatic rings. The Kier molecular flexibility index (Phi) is 5.03. The summed E-state index contributed by atoms with van der Waals surface area (Å²) in [7, 11) is 0.973. The fraction of sp³-hybridized carbons (Fsp3) is 0.308. The Balaban J connectivity index is 3.46. The van der Waals surface area contributed by atoms with E-state index < -0.39 is 23.1 Å². The number of ether oxygens (including phenoxy) is 1. The molecule has 0 aromatic heterocycles. The summed E-state index contributed by atoms with van der Waals surface area (Å²) in [5.74, 6) is 2.21. The van der Waals surface area contributed by atoms with E-state index in [0.29, 0.717) is 0 Å². The molecular formula is C13H15ClO4SSi. The summed E-state index contributed by atoms with van der Waals surface area (Å²) in [6.07, 6.45) is 0. The minimum atomic E-state index is -3.99. The molecule has 0 spiro atoms. The molecule has 0 bridgehead atoms. The van der Waals surface area contributed by atoms with Gasteiger partial charge in [0.15, 0.2) is 0 Å². The van der Waals surface area contributed by atoms with Crippen LogP contribution in [0.4, 0.5) is 0 Å². The quantitative estimate of drug-likeness (QED) is 0.362. The third kappa shape index (κ3) is 4.67. The molecule has 1 aromatic carbocycles. The molecule has 0 N–H and O–H groups in total. The van der Waals surface area contributed by atoms with Crippen molar-refractivity contribution in [2.24, 2.45) is 0 Å². The van der Waals surface area contributed by atoms with E-state index in [2.05, 4.69) is 16.2 Å². The van der Waals surface area contributed by atoms with Gasteiger partial charge in [-0.2, -0.15) is 0 Å². The van der Waals surface area contributed by atoms with Gasteiger partial charge in [0.25, 0.3) is 9.05 Å². The lowest BCUT2D eigenvalue weighted by Crippen LogP contribution is -2.16. The number of carbonyl (C=O) groups is 1. The molecule has 0 heterocycles. The van der Waals surface area contributed by atoms with Crippen LogP contribution in [-0.4, -0.2) is 29.6 Å². The fourth-order valence-corrected chi connectivity index (χ4v) is 2.87. The third-order valence-corrected chi connectivity index (χ3v) is 4.47. The highest BCUT2D eigenvalue weighted by molar-refractivity contribution is 8.13. The number of halogens is 1. The van der Waals surface area contributed by atoms with Crippen LogP contribution in [0.2, 0.25) is 19.6 Å². The Morgan fingerprint density at radius 2 is 1.90 bits per heavy atom. The van der Waals surface area contributed by atoms with E-state index in [4.69, 9.17) is 10.7 Å². The first-order valence-corrected chi connectivity index (χ1v) is 11.6. The van der Waals surface area contributed by atoms with Crippen molar-refractivity contribution >= 4 is 33.8 Å². The molecular weight excluding hydrogens is 316 g/mol. The van der Waals surface area contributed by atoms with Crippen molar-refractivity contribution in [2.45, 2.75) is 24.5 Å². The van der Waals surface area contributed by atoms with Gasteiger partial charge in [-0.1, -0.05) is 25.6 Å². The molecule has 108 valence electrons. The monoisotopic (exact) mass is 330 g/mol. The lowest BCUT2D eigenvalue weighted by Gasteiger charge is -2.06. The standard InChI is InChI=1S/C13H15ClO4SSi/c1-18-13(15)11-6-5-10(7-8-20(2,3)4)12(9-11)19(14,16)17/h5-6,9H,1-4H3. The van der Waals surface area contributed by atoms with Gasteiger partial charge in [-0.3, -0.25) is 0 Å². The van der Waals surface area contributed by atoms with Gasteiger partial charge >= 0.3 is 5.97 Å². The predicted octanol–water partition coefficient (Wildman–Crippen LogP) is 2.63. The van der Waals surface area contributed by atoms with Crippen LogP contribution in [0.15, 0.2) is 23.1 Å². The van der Waals surface area contributed by atoms with E-state index in [9.17, 15) is 13.2 Å². The van der Waals surface area contributed by atoms with E-state index in [1.807, 2.05) is 19.6 Å². The largest absolute Gasteiger partial charge is 0.465 e. The second-order valence-corrected chi connectivity index (χ2v) is 12.4. The zero-order chi connectivity index (χ0) is 15.6. The van der Waals surface area contributed by atoms with Crippen LogP contribution in [-0.2, 0) is 13.8 Å². The molecule has 0 atom stereocenters. The molecule has 0 saturated heterocycles. The number of carbonyl (C=O) groups excluding carboxylic acids is 1. The molecule has 7 heteroatoms. The summed E-state index contributed by atoms with van der Waals surface area (Å²) in [5.41, 5.74) is 3.47. The first-order chi connectivity index (χ1) is 9.04. The maximum absolute atomic E-state index is 11.6. The van der Waals surface area contributed by atoms with Crippen molar-refractivity contribution in [2.75, 3.05) is 7.11 Å². The second-order valence-electron chi connectivity index (χ2n) is 5.14. The molecule has 0 aliphatic carbocycles. The molecule has 4 nitrogen and oxygen atoms in total. The number of hydrogen-bond donors (Lipinski definition) is 0. The molecule has 0 aliphatic heterocycles. The summed E-state index contributed by atoms with van der Waals surface area (Å²) in [5, 5.41) is 0. The summed E-state index contributed by atoms with van der Waals surface area (Å²) in [6.45, 7) is 6.12. The van der Waals surface area contributed by atoms with Crippen LogP contribution in [0.3, 0.4) is 0 Å². The Morgan fingerprint density at radius 3 is 2.35 bits per heavy atom. The second kappa shape index (κ2) is 6.00. The molecule has 0 radical (unpaired) electrons. The number of benzene rings is 1. The molecule has 0 saturated carbocycles. The van der Waals surface area contributed by atoms with E-state index in [0.717, 1.165) is 0 Å². The van der Waals surface area contributed by atoms with E-state index in [1.165, 1.54) is 25.3 Å². The topological polar surface area (TPSA) is 60.4 Å². The van der Waals surface area contributed by atoms with Crippen LogP contribution < -0.4 is 0 Å². The van der Waals surface area contributed by atoms with Crippen molar-refractivity contribution in [1.82, 2.24) is 0 Å². The van der Waals surface area contributed by atoms with Gasteiger partial charge in [0.2, 0.25) is 0 Å². The van der Waals surface area contributed by atoms with Gasteiger partial charge in [0.1, 0.15) is 8.07 Å². The van der Waals surface area contributed by atoms with Crippen molar-refractivity contribution in [1.29, 1.82) is 0 Å². The molecule has 1 rings (SSSR count). The molecule has 0 unspecified atom stereocenters. The lowest BCUT2D eigenvalue weighted by molar-refractivity contribution is 0.0600. The minimum Gasteiger partial charge on any atom is -0.465 e. The van der Waals surface area contributed by atoms with E-state index in [-0.39, 0.29) is 16.0 Å². The van der Waals surface area contributed by atoms with Crippen LogP contribution in [0.5, 0.6) is 0 Å². The Labute approximate surface area is 124 Å². The normalized spacial score (nSPS) is 11.4. The molecule has 0 amide bonds. The number of esters is 1. The van der Waals surface area contributed by atoms with Gasteiger partial charge in [0.05, 0.1) is 17.6 Å². The van der Waals surface area contributed by atoms with Crippen LogP contribution in [0, 0.1) is 11.5 Å². The zero-order valence-electron chi connectivity index (χ0n) is 11.7. The van der Waals surface area contributed by atoms with Crippen LogP contribution >= 0.6 is 10.7 Å². The average Bonchev–Trinajstić information content (AvgIpc) is 2.33. The van der Waals surface area contributed by atoms with Crippen LogP contribution in [0.25, 0.3) is 0 Å². The molecule has 20 heavy (non-hydrogen) atoms. The smallest absolute Gasteiger partial charge is 0.337 e. The Bertz CT molecular complexity index is 693. The van der Waals surface area contributed by atoms with Gasteiger partial charge in [-0.05, 0) is 18.2 Å². The summed E-state index contributed by atoms with van der Waals surface area (Å²) >= 11 is 0. The first kappa shape index (κ1) is 16.8. The first-order valence-electron chi connectivity index (χ1n) is 5.75. The third-order valence-electron chi connectivity index (χ3n) is 2.24. The van der Waals surface area contributed by atoms with Gasteiger partial charge < -0.3 is 4.74 Å². The van der Waals surface area contributed by atoms with Crippen LogP contribution in [0.1, 0.15) is 15.9 Å². The Morgan fingerprint density at radius 1 is 1.30 bits per heavy atom. The lowest BCUT2D eigenvalue weighted by atomic mass is 10.1. The number of hydrogen-bond acceptors (Lipinski definition) is 4. The molecule has 0 fully saturated rings. The highest BCUT2D eigenvalue weighted by atomic mass is 35.7. The van der Waals surface area contributed by atoms with Gasteiger partial charge in [0, 0.05) is 16.2 Å². The van der Waals surface area contributed by atoms with E-state index >= 15 is 0 Å². The van der Waals surface area contributed by atoms with E-state index in [1.54, 1.807) is 0 Å². The summed E-state index contributed by atoms with van der Waals surface area (Å²) < 4.78 is 27.7. The van der Waals surface area contributed by atoms with Gasteiger partial charge in [-0.25, -0.2) is 13.2 Å². The van der Waals surface area contributed by atoms with Crippen molar-refractivity contribution in [3.05, 3.63) is 29.3 Å². The van der Waals surface area contributed by atoms with Crippen molar-refractivity contribution in [3.63, 3.8) is 0 Å². The maximum atomic E-state index is 11.6. The minimum absolute atomic E-state index is 0.116. The van der Waals surface area contributed by atoms with Crippen molar-refractivity contribution in [3.8, 4) is 11.5 Å². The predicted molar refractivity (Wildman–Crippen MR) is 81.0 cm³/mol. The fourth-order valence-electron chi connectivity index (χ4n) is 1.33. The molecule has 1 aromatic rings. The zero-order valence-corrected chi connectivity index (χ0v) is 14.2. The highest BCUT2D eigenvalue weighted by Gasteiger charge is 2.18. The SMILES string of the molecule is COC(=O)c1ccc(C#C[Si](C)(C)C)c(S(=O)(=O)Cl)c1. The van der Waals surface area contributed by atoms with Crippen molar-refractivity contribution < 1.29 is 17.9 Å².